The van der Waals surface area contributed by atoms with Gasteiger partial charge in [0.1, 0.15) is 5.82 Å². The first-order valence-corrected chi connectivity index (χ1v) is 12.0. The van der Waals surface area contributed by atoms with Crippen LogP contribution in [0.2, 0.25) is 0 Å². The second kappa shape index (κ2) is 10.2. The Balaban J connectivity index is 1.12. The molecule has 5 rings (SSSR count). The van der Waals surface area contributed by atoms with Crippen LogP contribution in [0.5, 0.6) is 0 Å². The zero-order chi connectivity index (χ0) is 24.2. The number of amides is 2. The Bertz CT molecular complexity index is 1160. The molecule has 0 bridgehead atoms. The summed E-state index contributed by atoms with van der Waals surface area (Å²) in [5.74, 6) is 0.722. The van der Waals surface area contributed by atoms with Crippen LogP contribution in [-0.4, -0.2) is 53.1 Å². The van der Waals surface area contributed by atoms with E-state index < -0.39 is 0 Å². The first-order valence-electron chi connectivity index (χ1n) is 12.0. The number of rotatable bonds is 5. The van der Waals surface area contributed by atoms with Crippen molar-refractivity contribution in [2.75, 3.05) is 36.4 Å². The lowest BCUT2D eigenvalue weighted by Crippen LogP contribution is -2.37. The Morgan fingerprint density at radius 2 is 1.66 bits per heavy atom. The number of likely N-dealkylation sites (tertiary alicyclic amines) is 1. The summed E-state index contributed by atoms with van der Waals surface area (Å²) in [4.78, 5) is 29.4. The van der Waals surface area contributed by atoms with Crippen LogP contribution in [0.3, 0.4) is 0 Å². The maximum Gasteiger partial charge on any atom is 0.253 e. The molecule has 0 aliphatic carbocycles. The third kappa shape index (κ3) is 5.31. The molecule has 3 aromatic rings. The van der Waals surface area contributed by atoms with Crippen molar-refractivity contribution in [2.45, 2.75) is 25.2 Å². The number of hydrogen-bond acceptors (Lipinski definition) is 5. The van der Waals surface area contributed by atoms with E-state index in [9.17, 15) is 14.0 Å². The number of carbonyl (C=O) groups excluding carboxylic acids is 2. The van der Waals surface area contributed by atoms with Crippen molar-refractivity contribution in [3.05, 3.63) is 83.8 Å². The topological polar surface area (TPSA) is 78.4 Å². The van der Waals surface area contributed by atoms with E-state index in [1.54, 1.807) is 6.20 Å². The summed E-state index contributed by atoms with van der Waals surface area (Å²) >= 11 is 0. The Morgan fingerprint density at radius 3 is 2.34 bits per heavy atom. The normalized spacial score (nSPS) is 18.5. The third-order valence-corrected chi connectivity index (χ3v) is 6.96. The summed E-state index contributed by atoms with van der Waals surface area (Å²) in [6.07, 6.45) is 4.18. The average Bonchev–Trinajstić information content (AvgIpc) is 3.41. The minimum atomic E-state index is -0.341. The van der Waals surface area contributed by atoms with Gasteiger partial charge in [0.25, 0.3) is 5.91 Å². The number of hydrogen-bond donors (Lipinski definition) is 1. The molecule has 2 aliphatic heterocycles. The minimum absolute atomic E-state index is 0.0248. The van der Waals surface area contributed by atoms with Crippen LogP contribution in [0, 0.1) is 11.7 Å². The Labute approximate surface area is 204 Å². The highest BCUT2D eigenvalue weighted by molar-refractivity contribution is 5.94. The first-order chi connectivity index (χ1) is 17.1. The van der Waals surface area contributed by atoms with Crippen molar-refractivity contribution in [2.24, 2.45) is 5.92 Å². The first kappa shape index (κ1) is 23.0. The van der Waals surface area contributed by atoms with Gasteiger partial charge >= 0.3 is 0 Å². The van der Waals surface area contributed by atoms with Crippen LogP contribution in [-0.2, 0) is 4.79 Å². The third-order valence-electron chi connectivity index (χ3n) is 6.96. The molecule has 2 fully saturated rings. The molecule has 0 saturated carbocycles. The van der Waals surface area contributed by atoms with Gasteiger partial charge in [0, 0.05) is 43.6 Å². The molecule has 35 heavy (non-hydrogen) atoms. The maximum absolute atomic E-state index is 13.1. The number of carbonyl (C=O) groups is 2. The van der Waals surface area contributed by atoms with Gasteiger partial charge in [-0.25, -0.2) is 4.39 Å². The Morgan fingerprint density at radius 1 is 0.914 bits per heavy atom. The zero-order valence-corrected chi connectivity index (χ0v) is 19.4. The average molecular weight is 474 g/mol. The molecule has 2 amide bonds. The fourth-order valence-corrected chi connectivity index (χ4v) is 4.92. The van der Waals surface area contributed by atoms with Gasteiger partial charge in [0.05, 0.1) is 5.92 Å². The molecule has 180 valence electrons. The van der Waals surface area contributed by atoms with E-state index in [0.717, 1.165) is 37.3 Å². The van der Waals surface area contributed by atoms with E-state index in [1.165, 1.54) is 29.8 Å². The van der Waals surface area contributed by atoms with Crippen molar-refractivity contribution in [1.29, 1.82) is 0 Å². The highest BCUT2D eigenvalue weighted by atomic mass is 19.1. The van der Waals surface area contributed by atoms with Crippen LogP contribution in [0.4, 0.5) is 15.9 Å². The number of benzene rings is 2. The fraction of sp³-hybridized carbons (Fsp3) is 0.333. The molecule has 7 nitrogen and oxygen atoms in total. The number of anilines is 2. The molecular formula is C27H28FN5O2. The van der Waals surface area contributed by atoms with Crippen LogP contribution in [0.25, 0.3) is 0 Å². The zero-order valence-electron chi connectivity index (χ0n) is 19.4. The van der Waals surface area contributed by atoms with Crippen molar-refractivity contribution < 1.29 is 14.0 Å². The number of aromatic nitrogens is 2. The van der Waals surface area contributed by atoms with E-state index in [1.807, 2.05) is 29.2 Å². The minimum Gasteiger partial charge on any atom is -0.354 e. The van der Waals surface area contributed by atoms with Crippen molar-refractivity contribution in [1.82, 2.24) is 15.1 Å². The smallest absolute Gasteiger partial charge is 0.253 e. The summed E-state index contributed by atoms with van der Waals surface area (Å²) < 4.78 is 13.1. The van der Waals surface area contributed by atoms with Gasteiger partial charge in [-0.1, -0.05) is 12.1 Å². The van der Waals surface area contributed by atoms with E-state index in [-0.39, 0.29) is 23.5 Å². The lowest BCUT2D eigenvalue weighted by molar-refractivity contribution is -0.119. The summed E-state index contributed by atoms with van der Waals surface area (Å²) in [5, 5.41) is 11.1. The second-order valence-electron chi connectivity index (χ2n) is 9.20. The van der Waals surface area contributed by atoms with Gasteiger partial charge in [-0.05, 0) is 79.3 Å². The van der Waals surface area contributed by atoms with Crippen molar-refractivity contribution in [3.8, 4) is 0 Å². The summed E-state index contributed by atoms with van der Waals surface area (Å²) in [7, 11) is 0. The highest BCUT2D eigenvalue weighted by Gasteiger charge is 2.29. The van der Waals surface area contributed by atoms with Gasteiger partial charge in [-0.3, -0.25) is 9.59 Å². The van der Waals surface area contributed by atoms with Gasteiger partial charge in [0.2, 0.25) is 5.91 Å². The molecule has 2 aromatic carbocycles. The SMILES string of the molecule is O=C(Nc1ccc(C2CCN(C(=O)c3ccc(F)cc3)CC2)cc1)C1CCN(c2cccnn2)C1. The monoisotopic (exact) mass is 473 g/mol. The quantitative estimate of drug-likeness (QED) is 0.604. The molecule has 0 radical (unpaired) electrons. The standard InChI is InChI=1S/C27H28FN5O2/c28-23-7-3-21(4-8-23)27(35)32-15-11-20(12-16-32)19-5-9-24(10-6-19)30-26(34)22-13-17-33(18-22)25-2-1-14-29-31-25/h1-10,14,20,22H,11-13,15-18H2,(H,30,34). The molecule has 0 spiro atoms. The predicted octanol–water partition coefficient (Wildman–Crippen LogP) is 4.10. The molecule has 2 saturated heterocycles. The van der Waals surface area contributed by atoms with Crippen LogP contribution in [0.15, 0.2) is 66.9 Å². The summed E-state index contributed by atoms with van der Waals surface area (Å²) in [6.45, 7) is 2.77. The maximum atomic E-state index is 13.1. The van der Waals surface area contributed by atoms with Gasteiger partial charge in [-0.2, -0.15) is 5.10 Å². The lowest BCUT2D eigenvalue weighted by atomic mass is 9.89. The fourth-order valence-electron chi connectivity index (χ4n) is 4.92. The predicted molar refractivity (Wildman–Crippen MR) is 132 cm³/mol. The highest BCUT2D eigenvalue weighted by Crippen LogP contribution is 2.30. The molecule has 1 atom stereocenters. The van der Waals surface area contributed by atoms with Crippen LogP contribution < -0.4 is 10.2 Å². The van der Waals surface area contributed by atoms with E-state index in [0.29, 0.717) is 31.1 Å². The second-order valence-corrected chi connectivity index (χ2v) is 9.20. The number of nitrogens with zero attached hydrogens (tertiary/aromatic N) is 4. The van der Waals surface area contributed by atoms with Crippen LogP contribution >= 0.6 is 0 Å². The van der Waals surface area contributed by atoms with E-state index in [4.69, 9.17) is 0 Å². The molecule has 1 aromatic heterocycles. The van der Waals surface area contributed by atoms with Gasteiger partial charge in [-0.15, -0.1) is 5.10 Å². The van der Waals surface area contributed by atoms with E-state index in [2.05, 4.69) is 32.5 Å². The molecule has 1 unspecified atom stereocenters. The Kier molecular flexibility index (Phi) is 6.70. The number of nitrogens with one attached hydrogen (secondary N) is 1. The Hall–Kier alpha value is -3.81. The summed E-state index contributed by atoms with van der Waals surface area (Å²) in [6, 6.07) is 17.5. The largest absolute Gasteiger partial charge is 0.354 e. The lowest BCUT2D eigenvalue weighted by Gasteiger charge is -2.32. The molecule has 2 aliphatic rings. The molecular weight excluding hydrogens is 445 g/mol. The number of piperidine rings is 1. The molecule has 8 heteroatoms. The van der Waals surface area contributed by atoms with Gasteiger partial charge in [0.15, 0.2) is 5.82 Å². The number of halogens is 1. The van der Waals surface area contributed by atoms with Crippen molar-refractivity contribution in [3.63, 3.8) is 0 Å². The van der Waals surface area contributed by atoms with Crippen molar-refractivity contribution >= 4 is 23.3 Å². The molecule has 3 heterocycles. The van der Waals surface area contributed by atoms with Gasteiger partial charge < -0.3 is 15.1 Å². The van der Waals surface area contributed by atoms with E-state index >= 15 is 0 Å². The molecule has 1 N–H and O–H groups in total. The van der Waals surface area contributed by atoms with Crippen LogP contribution in [0.1, 0.15) is 41.1 Å². The summed E-state index contributed by atoms with van der Waals surface area (Å²) in [5.41, 5.74) is 2.53.